The Hall–Kier alpha value is -1.03. The van der Waals surface area contributed by atoms with Crippen LogP contribution in [0.5, 0.6) is 0 Å². The molecule has 0 bridgehead atoms. The summed E-state index contributed by atoms with van der Waals surface area (Å²) in [6.45, 7) is 2.62. The van der Waals surface area contributed by atoms with Crippen molar-refractivity contribution < 1.29 is 13.2 Å². The summed E-state index contributed by atoms with van der Waals surface area (Å²) >= 11 is 0. The Kier molecular flexibility index (Phi) is 4.50. The maximum Gasteiger partial charge on any atom is 0.390 e. The largest absolute Gasteiger partial charge is 0.390 e. The molecule has 2 unspecified atom stereocenters. The van der Waals surface area contributed by atoms with Crippen molar-refractivity contribution in [3.8, 4) is 0 Å². The number of fused-ring (bicyclic) bond motifs is 1. The molecule has 0 saturated carbocycles. The van der Waals surface area contributed by atoms with Gasteiger partial charge in [0.25, 0.3) is 0 Å². The highest BCUT2D eigenvalue weighted by atomic mass is 19.4. The van der Waals surface area contributed by atoms with Crippen molar-refractivity contribution in [1.29, 1.82) is 0 Å². The summed E-state index contributed by atoms with van der Waals surface area (Å²) in [4.78, 5) is 0. The molecule has 19 heavy (non-hydrogen) atoms. The van der Waals surface area contributed by atoms with E-state index in [9.17, 15) is 13.2 Å². The molecular weight excluding hydrogens is 251 g/mol. The van der Waals surface area contributed by atoms with Gasteiger partial charge in [-0.3, -0.25) is 0 Å². The molecule has 0 heterocycles. The van der Waals surface area contributed by atoms with Crippen molar-refractivity contribution >= 4 is 0 Å². The summed E-state index contributed by atoms with van der Waals surface area (Å²) in [5.41, 5.74) is 2.52. The van der Waals surface area contributed by atoms with Crippen LogP contribution in [0.3, 0.4) is 0 Å². The van der Waals surface area contributed by atoms with E-state index >= 15 is 0 Å². The molecule has 0 aromatic heterocycles. The number of benzene rings is 1. The van der Waals surface area contributed by atoms with Crippen LogP contribution in [-0.2, 0) is 6.42 Å². The Labute approximate surface area is 112 Å². The number of nitrogens with one attached hydrogen (secondary N) is 1. The molecule has 0 amide bonds. The number of halogens is 3. The quantitative estimate of drug-likeness (QED) is 0.823. The fourth-order valence-electron chi connectivity index (χ4n) is 2.78. The van der Waals surface area contributed by atoms with Crippen LogP contribution in [-0.4, -0.2) is 18.8 Å². The van der Waals surface area contributed by atoms with Gasteiger partial charge in [-0.15, -0.1) is 0 Å². The zero-order valence-corrected chi connectivity index (χ0v) is 11.1. The predicted molar refractivity (Wildman–Crippen MR) is 70.3 cm³/mol. The predicted octanol–water partition coefficient (Wildman–Crippen LogP) is 4.04. The van der Waals surface area contributed by atoms with E-state index in [1.54, 1.807) is 0 Å². The third-order valence-electron chi connectivity index (χ3n) is 3.69. The molecular formula is C15H20F3N. The van der Waals surface area contributed by atoms with Gasteiger partial charge in [0.1, 0.15) is 0 Å². The molecule has 2 atom stereocenters. The molecule has 0 spiro atoms. The fraction of sp³-hybridized carbons (Fsp3) is 0.600. The third-order valence-corrected chi connectivity index (χ3v) is 3.69. The zero-order chi connectivity index (χ0) is 13.9. The SMILES string of the molecule is CCCNC(CC1Cc2ccccc21)CC(F)(F)F. The van der Waals surface area contributed by atoms with Gasteiger partial charge in [-0.25, -0.2) is 0 Å². The highest BCUT2D eigenvalue weighted by Crippen LogP contribution is 2.39. The van der Waals surface area contributed by atoms with Crippen LogP contribution in [0.15, 0.2) is 24.3 Å². The Morgan fingerprint density at radius 2 is 2.05 bits per heavy atom. The van der Waals surface area contributed by atoms with Gasteiger partial charge in [-0.2, -0.15) is 13.2 Å². The molecule has 0 saturated heterocycles. The van der Waals surface area contributed by atoms with E-state index in [-0.39, 0.29) is 5.92 Å². The van der Waals surface area contributed by atoms with E-state index in [4.69, 9.17) is 0 Å². The minimum atomic E-state index is -4.09. The lowest BCUT2D eigenvalue weighted by Gasteiger charge is -2.33. The maximum absolute atomic E-state index is 12.6. The van der Waals surface area contributed by atoms with Crippen molar-refractivity contribution in [2.45, 2.75) is 50.7 Å². The average Bonchev–Trinajstić information content (AvgIpc) is 2.31. The van der Waals surface area contributed by atoms with Crippen LogP contribution in [0.2, 0.25) is 0 Å². The first kappa shape index (κ1) is 14.4. The van der Waals surface area contributed by atoms with Crippen molar-refractivity contribution in [2.24, 2.45) is 0 Å². The molecule has 1 nitrogen and oxygen atoms in total. The van der Waals surface area contributed by atoms with Crippen LogP contribution in [0.4, 0.5) is 13.2 Å². The molecule has 1 N–H and O–H groups in total. The van der Waals surface area contributed by atoms with Crippen molar-refractivity contribution in [3.05, 3.63) is 35.4 Å². The van der Waals surface area contributed by atoms with E-state index < -0.39 is 18.6 Å². The first-order chi connectivity index (χ1) is 8.99. The minimum absolute atomic E-state index is 0.285. The van der Waals surface area contributed by atoms with Gasteiger partial charge >= 0.3 is 6.18 Å². The first-order valence-electron chi connectivity index (χ1n) is 6.87. The molecule has 0 radical (unpaired) electrons. The van der Waals surface area contributed by atoms with Crippen LogP contribution >= 0.6 is 0 Å². The smallest absolute Gasteiger partial charge is 0.314 e. The number of alkyl halides is 3. The van der Waals surface area contributed by atoms with Crippen molar-refractivity contribution in [1.82, 2.24) is 5.32 Å². The summed E-state index contributed by atoms with van der Waals surface area (Å²) < 4.78 is 37.7. The Morgan fingerprint density at radius 3 is 2.68 bits per heavy atom. The Bertz CT molecular complexity index is 414. The molecule has 0 fully saturated rings. The van der Waals surface area contributed by atoms with Crippen molar-refractivity contribution in [2.75, 3.05) is 6.54 Å². The van der Waals surface area contributed by atoms with Gasteiger partial charge in [-0.1, -0.05) is 31.2 Å². The number of hydrogen-bond donors (Lipinski definition) is 1. The standard InChI is InChI=1S/C15H20F3N/c1-2-7-19-13(10-15(16,17)18)9-12-8-11-5-3-4-6-14(11)12/h3-6,12-13,19H,2,7-10H2,1H3. The topological polar surface area (TPSA) is 12.0 Å². The van der Waals surface area contributed by atoms with Crippen molar-refractivity contribution in [3.63, 3.8) is 0 Å². The highest BCUT2D eigenvalue weighted by molar-refractivity contribution is 5.39. The van der Waals surface area contributed by atoms with Gasteiger partial charge < -0.3 is 5.32 Å². The highest BCUT2D eigenvalue weighted by Gasteiger charge is 2.35. The normalized spacial score (nSPS) is 19.7. The molecule has 0 aliphatic heterocycles. The van der Waals surface area contributed by atoms with Crippen LogP contribution in [0, 0.1) is 0 Å². The maximum atomic E-state index is 12.6. The van der Waals surface area contributed by atoms with E-state index in [0.29, 0.717) is 13.0 Å². The lowest BCUT2D eigenvalue weighted by molar-refractivity contribution is -0.140. The van der Waals surface area contributed by atoms with Gasteiger partial charge in [0, 0.05) is 6.04 Å². The van der Waals surface area contributed by atoms with E-state index in [2.05, 4.69) is 11.4 Å². The summed E-state index contributed by atoms with van der Waals surface area (Å²) in [6.07, 6.45) is -2.47. The molecule has 1 aromatic carbocycles. The molecule has 1 aliphatic carbocycles. The summed E-state index contributed by atoms with van der Waals surface area (Å²) in [7, 11) is 0. The lowest BCUT2D eigenvalue weighted by Crippen LogP contribution is -2.37. The average molecular weight is 271 g/mol. The van der Waals surface area contributed by atoms with Gasteiger partial charge in [0.2, 0.25) is 0 Å². The monoisotopic (exact) mass is 271 g/mol. The molecule has 1 aromatic rings. The van der Waals surface area contributed by atoms with E-state index in [1.807, 2.05) is 25.1 Å². The number of rotatable bonds is 6. The second-order valence-corrected chi connectivity index (χ2v) is 5.31. The van der Waals surface area contributed by atoms with Gasteiger partial charge in [0.15, 0.2) is 0 Å². The second kappa shape index (κ2) is 5.95. The van der Waals surface area contributed by atoms with E-state index in [0.717, 1.165) is 12.8 Å². The van der Waals surface area contributed by atoms with Crippen LogP contribution in [0.25, 0.3) is 0 Å². The Morgan fingerprint density at radius 1 is 1.32 bits per heavy atom. The summed E-state index contributed by atoms with van der Waals surface area (Å²) in [5, 5.41) is 3.04. The summed E-state index contributed by atoms with van der Waals surface area (Å²) in [6, 6.07) is 7.58. The lowest BCUT2D eigenvalue weighted by atomic mass is 9.74. The second-order valence-electron chi connectivity index (χ2n) is 5.31. The first-order valence-corrected chi connectivity index (χ1v) is 6.87. The molecule has 2 rings (SSSR count). The zero-order valence-electron chi connectivity index (χ0n) is 11.1. The minimum Gasteiger partial charge on any atom is -0.314 e. The molecule has 4 heteroatoms. The number of hydrogen-bond acceptors (Lipinski definition) is 1. The molecule has 106 valence electrons. The van der Waals surface area contributed by atoms with Gasteiger partial charge in [-0.05, 0) is 42.9 Å². The summed E-state index contributed by atoms with van der Waals surface area (Å²) in [5.74, 6) is 0.285. The van der Waals surface area contributed by atoms with Gasteiger partial charge in [0.05, 0.1) is 6.42 Å². The Balaban J connectivity index is 1.94. The molecule has 1 aliphatic rings. The fourth-order valence-corrected chi connectivity index (χ4v) is 2.78. The van der Waals surface area contributed by atoms with Crippen LogP contribution < -0.4 is 5.32 Å². The van der Waals surface area contributed by atoms with E-state index in [1.165, 1.54) is 11.1 Å². The third kappa shape index (κ3) is 3.96. The van der Waals surface area contributed by atoms with Crippen LogP contribution in [0.1, 0.15) is 43.2 Å².